The molecule has 1 aliphatic heterocycles. The number of amides is 1. The third-order valence-electron chi connectivity index (χ3n) is 4.55. The molecule has 4 nitrogen and oxygen atoms in total. The van der Waals surface area contributed by atoms with Gasteiger partial charge in [0, 0.05) is 32.2 Å². The molecular weight excluding hydrogens is 350 g/mol. The number of halogens is 2. The van der Waals surface area contributed by atoms with Crippen molar-refractivity contribution in [2.75, 3.05) is 13.1 Å². The predicted octanol–water partition coefficient (Wildman–Crippen LogP) is 3.50. The highest BCUT2D eigenvalue weighted by Gasteiger charge is 2.22. The van der Waals surface area contributed by atoms with Crippen LogP contribution in [-0.4, -0.2) is 36.1 Å². The van der Waals surface area contributed by atoms with Crippen molar-refractivity contribution in [2.45, 2.75) is 39.1 Å². The molecule has 0 radical (unpaired) electrons. The summed E-state index contributed by atoms with van der Waals surface area (Å²) < 4.78 is 32.3. The van der Waals surface area contributed by atoms with Gasteiger partial charge >= 0.3 is 0 Å². The molecule has 1 aliphatic rings. The summed E-state index contributed by atoms with van der Waals surface area (Å²) in [6.45, 7) is 7.11. The van der Waals surface area contributed by atoms with Crippen LogP contribution in [0.2, 0.25) is 0 Å². The molecule has 6 heteroatoms. The lowest BCUT2D eigenvalue weighted by Crippen LogP contribution is -2.44. The summed E-state index contributed by atoms with van der Waals surface area (Å²) in [6.07, 6.45) is 0.463. The molecule has 27 heavy (non-hydrogen) atoms. The third-order valence-corrected chi connectivity index (χ3v) is 4.55. The van der Waals surface area contributed by atoms with Gasteiger partial charge in [-0.1, -0.05) is 24.3 Å². The van der Waals surface area contributed by atoms with Gasteiger partial charge in [-0.05, 0) is 37.1 Å². The number of carbonyl (C=O) groups is 1. The fraction of sp³-hybridized carbons (Fsp3) is 0.381. The minimum Gasteiger partial charge on any atom is -0.373 e. The Labute approximate surface area is 158 Å². The van der Waals surface area contributed by atoms with Gasteiger partial charge in [-0.15, -0.1) is 0 Å². The first-order valence-electron chi connectivity index (χ1n) is 9.09. The van der Waals surface area contributed by atoms with E-state index in [1.54, 1.807) is 0 Å². The van der Waals surface area contributed by atoms with Crippen molar-refractivity contribution >= 4 is 5.91 Å². The molecule has 1 heterocycles. The molecule has 0 unspecified atom stereocenters. The molecule has 0 aliphatic carbocycles. The Morgan fingerprint density at radius 3 is 2.33 bits per heavy atom. The number of hydrogen-bond donors (Lipinski definition) is 1. The average molecular weight is 374 g/mol. The number of benzene rings is 2. The zero-order chi connectivity index (χ0) is 19.4. The molecule has 2 atom stereocenters. The van der Waals surface area contributed by atoms with E-state index in [9.17, 15) is 13.6 Å². The van der Waals surface area contributed by atoms with Gasteiger partial charge in [-0.3, -0.25) is 9.69 Å². The van der Waals surface area contributed by atoms with Crippen LogP contribution in [0.4, 0.5) is 8.78 Å². The van der Waals surface area contributed by atoms with E-state index in [2.05, 4.69) is 24.1 Å². The molecule has 1 N–H and O–H groups in total. The quantitative estimate of drug-likeness (QED) is 0.871. The van der Waals surface area contributed by atoms with Gasteiger partial charge in [0.25, 0.3) is 5.91 Å². The van der Waals surface area contributed by atoms with E-state index in [-0.39, 0.29) is 24.3 Å². The van der Waals surface area contributed by atoms with Gasteiger partial charge in [-0.25, -0.2) is 8.78 Å². The van der Waals surface area contributed by atoms with E-state index in [0.717, 1.165) is 37.3 Å². The maximum absolute atomic E-state index is 13.6. The van der Waals surface area contributed by atoms with Crippen molar-refractivity contribution in [1.82, 2.24) is 10.2 Å². The average Bonchev–Trinajstić information content (AvgIpc) is 2.60. The first-order chi connectivity index (χ1) is 12.9. The number of ether oxygens (including phenoxy) is 1. The smallest absolute Gasteiger partial charge is 0.254 e. The highest BCUT2D eigenvalue weighted by Crippen LogP contribution is 2.15. The third kappa shape index (κ3) is 5.34. The summed E-state index contributed by atoms with van der Waals surface area (Å²) in [4.78, 5) is 14.4. The summed E-state index contributed by atoms with van der Waals surface area (Å²) in [5.41, 5.74) is 1.94. The first-order valence-corrected chi connectivity index (χ1v) is 9.09. The zero-order valence-corrected chi connectivity index (χ0v) is 15.5. The molecule has 2 aromatic carbocycles. The monoisotopic (exact) mass is 374 g/mol. The molecule has 1 saturated heterocycles. The van der Waals surface area contributed by atoms with Gasteiger partial charge in [0.1, 0.15) is 11.6 Å². The summed E-state index contributed by atoms with van der Waals surface area (Å²) in [7, 11) is 0. The number of nitrogens with one attached hydrogen (secondary N) is 1. The van der Waals surface area contributed by atoms with Crippen LogP contribution in [0, 0.1) is 11.6 Å². The Morgan fingerprint density at radius 2 is 1.70 bits per heavy atom. The molecule has 1 amide bonds. The lowest BCUT2D eigenvalue weighted by Gasteiger charge is -2.35. The second-order valence-electron chi connectivity index (χ2n) is 7.07. The lowest BCUT2D eigenvalue weighted by molar-refractivity contribution is -0.0704. The van der Waals surface area contributed by atoms with Crippen LogP contribution in [0.3, 0.4) is 0 Å². The van der Waals surface area contributed by atoms with Crippen LogP contribution in [-0.2, 0) is 17.8 Å². The van der Waals surface area contributed by atoms with Crippen LogP contribution < -0.4 is 5.32 Å². The maximum atomic E-state index is 13.6. The topological polar surface area (TPSA) is 41.6 Å². The van der Waals surface area contributed by atoms with Gasteiger partial charge in [0.05, 0.1) is 17.8 Å². The normalized spacial score (nSPS) is 20.4. The molecule has 0 spiro atoms. The lowest BCUT2D eigenvalue weighted by atomic mass is 10.1. The van der Waals surface area contributed by atoms with E-state index in [4.69, 9.17) is 4.74 Å². The van der Waals surface area contributed by atoms with Gasteiger partial charge in [0.15, 0.2) is 0 Å². The number of carbonyl (C=O) groups excluding carboxylic acids is 1. The summed E-state index contributed by atoms with van der Waals surface area (Å²) in [5, 5.41) is 2.66. The number of nitrogens with zero attached hydrogens (tertiary/aromatic N) is 1. The minimum atomic E-state index is -0.864. The summed E-state index contributed by atoms with van der Waals surface area (Å²) in [6, 6.07) is 10.9. The molecule has 0 aromatic heterocycles. The Balaban J connectivity index is 1.54. The van der Waals surface area contributed by atoms with E-state index >= 15 is 0 Å². The highest BCUT2D eigenvalue weighted by molar-refractivity contribution is 5.94. The van der Waals surface area contributed by atoms with Crippen molar-refractivity contribution in [3.05, 3.63) is 70.8 Å². The second-order valence-corrected chi connectivity index (χ2v) is 7.07. The number of morpholine rings is 1. The fourth-order valence-electron chi connectivity index (χ4n) is 3.39. The number of hydrogen-bond acceptors (Lipinski definition) is 3. The van der Waals surface area contributed by atoms with Gasteiger partial charge in [-0.2, -0.15) is 0 Å². The minimum absolute atomic E-state index is 0.163. The molecule has 1 fully saturated rings. The van der Waals surface area contributed by atoms with Gasteiger partial charge in [0.2, 0.25) is 0 Å². The number of rotatable bonds is 5. The van der Waals surface area contributed by atoms with Crippen molar-refractivity contribution in [3.8, 4) is 0 Å². The Hall–Kier alpha value is -2.31. The maximum Gasteiger partial charge on any atom is 0.254 e. The van der Waals surface area contributed by atoms with Crippen LogP contribution >= 0.6 is 0 Å². The van der Waals surface area contributed by atoms with Crippen LogP contribution in [0.25, 0.3) is 0 Å². The molecule has 3 rings (SSSR count). The van der Waals surface area contributed by atoms with Crippen LogP contribution in [0.5, 0.6) is 0 Å². The standard InChI is InChI=1S/C21H24F2N2O2/c1-14-11-25(12-15(2)27-14)13-17-5-3-16(4-6-17)10-24-21(26)19-8-7-18(22)9-20(19)23/h3-9,14-15H,10-13H2,1-2H3,(H,24,26)/t14-,15+. The SMILES string of the molecule is C[C@@H]1CN(Cc2ccc(CNC(=O)c3ccc(F)cc3F)cc2)C[C@H](C)O1. The van der Waals surface area contributed by atoms with Crippen molar-refractivity contribution in [2.24, 2.45) is 0 Å². The van der Waals surface area contributed by atoms with E-state index < -0.39 is 17.5 Å². The van der Waals surface area contributed by atoms with Crippen LogP contribution in [0.15, 0.2) is 42.5 Å². The molecule has 2 aromatic rings. The first kappa shape index (κ1) is 19.5. The Kier molecular flexibility index (Phi) is 6.19. The van der Waals surface area contributed by atoms with E-state index in [0.29, 0.717) is 6.07 Å². The Bertz CT molecular complexity index is 785. The summed E-state index contributed by atoms with van der Waals surface area (Å²) >= 11 is 0. The second kappa shape index (κ2) is 8.59. The van der Waals surface area contributed by atoms with Crippen LogP contribution in [0.1, 0.15) is 35.3 Å². The van der Waals surface area contributed by atoms with Crippen molar-refractivity contribution < 1.29 is 18.3 Å². The van der Waals surface area contributed by atoms with Crippen molar-refractivity contribution in [3.63, 3.8) is 0 Å². The fourth-order valence-corrected chi connectivity index (χ4v) is 3.39. The largest absolute Gasteiger partial charge is 0.373 e. The highest BCUT2D eigenvalue weighted by atomic mass is 19.1. The van der Waals surface area contributed by atoms with E-state index in [1.165, 1.54) is 5.56 Å². The van der Waals surface area contributed by atoms with Crippen molar-refractivity contribution in [1.29, 1.82) is 0 Å². The van der Waals surface area contributed by atoms with Gasteiger partial charge < -0.3 is 10.1 Å². The van der Waals surface area contributed by atoms with E-state index in [1.807, 2.05) is 24.3 Å². The predicted molar refractivity (Wildman–Crippen MR) is 99.3 cm³/mol. The molecule has 0 bridgehead atoms. The summed E-state index contributed by atoms with van der Waals surface area (Å²) in [5.74, 6) is -2.13. The molecule has 0 saturated carbocycles. The zero-order valence-electron chi connectivity index (χ0n) is 15.5. The Morgan fingerprint density at radius 1 is 1.07 bits per heavy atom. The molecule has 144 valence electrons. The molecular formula is C21H24F2N2O2.